The van der Waals surface area contributed by atoms with Crippen molar-refractivity contribution in [2.45, 2.75) is 26.7 Å². The molecule has 2 aromatic rings. The number of anilines is 3. The van der Waals surface area contributed by atoms with Crippen molar-refractivity contribution in [1.29, 1.82) is 0 Å². The standard InChI is InChI=1S/C19H25N5O/c1-3-23(4-2)17-12-15(21-19(20)22-17)10-14-11-18(25)24(13-14)16-8-6-5-7-9-16/h5-9,12,14H,3-4,10-11,13H2,1-2H3,(H2,20,21,22)/t14-/m0/s1. The van der Waals surface area contributed by atoms with E-state index in [2.05, 4.69) is 28.7 Å². The Kier molecular flexibility index (Phi) is 5.16. The van der Waals surface area contributed by atoms with Crippen molar-refractivity contribution in [1.82, 2.24) is 9.97 Å². The number of nitrogen functional groups attached to an aromatic ring is 1. The molecular formula is C19H25N5O. The molecule has 0 saturated carbocycles. The lowest BCUT2D eigenvalue weighted by atomic mass is 10.0. The van der Waals surface area contributed by atoms with Gasteiger partial charge in [0.25, 0.3) is 0 Å². The van der Waals surface area contributed by atoms with E-state index in [1.54, 1.807) is 0 Å². The Morgan fingerprint density at radius 2 is 1.92 bits per heavy atom. The summed E-state index contributed by atoms with van der Waals surface area (Å²) in [4.78, 5) is 25.1. The first-order valence-electron chi connectivity index (χ1n) is 8.84. The lowest BCUT2D eigenvalue weighted by molar-refractivity contribution is -0.117. The fraction of sp³-hybridized carbons (Fsp3) is 0.421. The second-order valence-electron chi connectivity index (χ2n) is 6.36. The van der Waals surface area contributed by atoms with E-state index >= 15 is 0 Å². The third-order valence-electron chi connectivity index (χ3n) is 4.64. The minimum absolute atomic E-state index is 0.169. The fourth-order valence-corrected chi connectivity index (χ4v) is 3.39. The van der Waals surface area contributed by atoms with Gasteiger partial charge in [0.05, 0.1) is 0 Å². The summed E-state index contributed by atoms with van der Waals surface area (Å²) in [7, 11) is 0. The van der Waals surface area contributed by atoms with Gasteiger partial charge in [-0.2, -0.15) is 4.98 Å². The van der Waals surface area contributed by atoms with Gasteiger partial charge in [-0.3, -0.25) is 4.79 Å². The van der Waals surface area contributed by atoms with E-state index in [0.29, 0.717) is 18.9 Å². The molecule has 1 aromatic carbocycles. The van der Waals surface area contributed by atoms with Crippen LogP contribution in [0.5, 0.6) is 0 Å². The first kappa shape index (κ1) is 17.2. The summed E-state index contributed by atoms with van der Waals surface area (Å²) in [5.74, 6) is 1.56. The SMILES string of the molecule is CCN(CC)c1cc(C[C@H]2CC(=O)N(c3ccccc3)C2)nc(N)n1. The molecule has 2 N–H and O–H groups in total. The molecule has 3 rings (SSSR count). The van der Waals surface area contributed by atoms with Crippen molar-refractivity contribution in [2.24, 2.45) is 5.92 Å². The molecule has 0 spiro atoms. The molecule has 25 heavy (non-hydrogen) atoms. The van der Waals surface area contributed by atoms with Crippen molar-refractivity contribution in [3.8, 4) is 0 Å². The number of benzene rings is 1. The second kappa shape index (κ2) is 7.51. The average Bonchev–Trinajstić information content (AvgIpc) is 2.96. The molecule has 1 aromatic heterocycles. The maximum absolute atomic E-state index is 12.4. The molecule has 1 atom stereocenters. The maximum Gasteiger partial charge on any atom is 0.227 e. The highest BCUT2D eigenvalue weighted by atomic mass is 16.2. The molecule has 0 unspecified atom stereocenters. The summed E-state index contributed by atoms with van der Waals surface area (Å²) in [5.41, 5.74) is 7.76. The molecule has 132 valence electrons. The highest BCUT2D eigenvalue weighted by molar-refractivity contribution is 5.95. The van der Waals surface area contributed by atoms with Crippen molar-refractivity contribution in [3.63, 3.8) is 0 Å². The van der Waals surface area contributed by atoms with E-state index in [-0.39, 0.29) is 11.8 Å². The summed E-state index contributed by atoms with van der Waals surface area (Å²) in [6, 6.07) is 11.8. The molecule has 1 aliphatic heterocycles. The Hall–Kier alpha value is -2.63. The van der Waals surface area contributed by atoms with Gasteiger partial charge in [-0.25, -0.2) is 4.98 Å². The van der Waals surface area contributed by atoms with Crippen LogP contribution in [0.1, 0.15) is 26.0 Å². The minimum Gasteiger partial charge on any atom is -0.368 e. The molecule has 1 fully saturated rings. The van der Waals surface area contributed by atoms with Gasteiger partial charge in [0.1, 0.15) is 5.82 Å². The van der Waals surface area contributed by atoms with Gasteiger partial charge in [0.15, 0.2) is 0 Å². The molecule has 1 saturated heterocycles. The number of para-hydroxylation sites is 1. The normalized spacial score (nSPS) is 17.1. The Morgan fingerprint density at radius 3 is 2.60 bits per heavy atom. The third kappa shape index (κ3) is 3.90. The van der Waals surface area contributed by atoms with E-state index < -0.39 is 0 Å². The topological polar surface area (TPSA) is 75.4 Å². The van der Waals surface area contributed by atoms with Gasteiger partial charge in [0, 0.05) is 43.5 Å². The summed E-state index contributed by atoms with van der Waals surface area (Å²) in [6.45, 7) is 6.64. The molecular weight excluding hydrogens is 314 g/mol. The number of amides is 1. The van der Waals surface area contributed by atoms with Crippen LogP contribution in [0, 0.1) is 5.92 Å². The number of rotatable bonds is 6. The van der Waals surface area contributed by atoms with E-state index in [0.717, 1.165) is 36.7 Å². The van der Waals surface area contributed by atoms with E-state index in [4.69, 9.17) is 5.73 Å². The highest BCUT2D eigenvalue weighted by Gasteiger charge is 2.31. The second-order valence-corrected chi connectivity index (χ2v) is 6.36. The lowest BCUT2D eigenvalue weighted by Crippen LogP contribution is -2.25. The van der Waals surface area contributed by atoms with Gasteiger partial charge in [-0.15, -0.1) is 0 Å². The van der Waals surface area contributed by atoms with Gasteiger partial charge in [-0.1, -0.05) is 18.2 Å². The van der Waals surface area contributed by atoms with Crippen LogP contribution < -0.4 is 15.5 Å². The molecule has 0 radical (unpaired) electrons. The van der Waals surface area contributed by atoms with Crippen molar-refractivity contribution in [3.05, 3.63) is 42.1 Å². The van der Waals surface area contributed by atoms with E-state index in [1.165, 1.54) is 0 Å². The molecule has 2 heterocycles. The largest absolute Gasteiger partial charge is 0.368 e. The molecule has 1 aliphatic rings. The van der Waals surface area contributed by atoms with Crippen molar-refractivity contribution < 1.29 is 4.79 Å². The summed E-state index contributed by atoms with van der Waals surface area (Å²) >= 11 is 0. The number of carbonyl (C=O) groups is 1. The predicted molar refractivity (Wildman–Crippen MR) is 101 cm³/mol. The zero-order chi connectivity index (χ0) is 17.8. The number of hydrogen-bond donors (Lipinski definition) is 1. The van der Waals surface area contributed by atoms with Crippen LogP contribution in [0.4, 0.5) is 17.5 Å². The van der Waals surface area contributed by atoms with Crippen LogP contribution in [0.15, 0.2) is 36.4 Å². The Balaban J connectivity index is 1.74. The maximum atomic E-state index is 12.4. The Labute approximate surface area is 148 Å². The van der Waals surface area contributed by atoms with Crippen LogP contribution >= 0.6 is 0 Å². The molecule has 6 heteroatoms. The number of nitrogens with two attached hydrogens (primary N) is 1. The van der Waals surface area contributed by atoms with Gasteiger partial charge in [-0.05, 0) is 38.3 Å². The molecule has 0 bridgehead atoms. The van der Waals surface area contributed by atoms with E-state index in [9.17, 15) is 4.79 Å². The smallest absolute Gasteiger partial charge is 0.227 e. The summed E-state index contributed by atoms with van der Waals surface area (Å²) in [6.07, 6.45) is 1.27. The van der Waals surface area contributed by atoms with E-state index in [1.807, 2.05) is 41.3 Å². The van der Waals surface area contributed by atoms with Gasteiger partial charge >= 0.3 is 0 Å². The van der Waals surface area contributed by atoms with Crippen LogP contribution in [-0.2, 0) is 11.2 Å². The van der Waals surface area contributed by atoms with Crippen molar-refractivity contribution >= 4 is 23.4 Å². The lowest BCUT2D eigenvalue weighted by Gasteiger charge is -2.21. The third-order valence-corrected chi connectivity index (χ3v) is 4.64. The monoisotopic (exact) mass is 339 g/mol. The Morgan fingerprint density at radius 1 is 1.20 bits per heavy atom. The first-order chi connectivity index (χ1) is 12.1. The minimum atomic E-state index is 0.169. The van der Waals surface area contributed by atoms with Gasteiger partial charge in [0.2, 0.25) is 11.9 Å². The number of aromatic nitrogens is 2. The zero-order valence-electron chi connectivity index (χ0n) is 14.9. The summed E-state index contributed by atoms with van der Waals surface area (Å²) in [5, 5.41) is 0. The fourth-order valence-electron chi connectivity index (χ4n) is 3.39. The zero-order valence-corrected chi connectivity index (χ0v) is 14.9. The number of hydrogen-bond acceptors (Lipinski definition) is 5. The quantitative estimate of drug-likeness (QED) is 0.875. The highest BCUT2D eigenvalue weighted by Crippen LogP contribution is 2.27. The first-order valence-corrected chi connectivity index (χ1v) is 8.84. The molecule has 1 amide bonds. The number of nitrogens with zero attached hydrogens (tertiary/aromatic N) is 4. The van der Waals surface area contributed by atoms with Gasteiger partial charge < -0.3 is 15.5 Å². The molecule has 6 nitrogen and oxygen atoms in total. The van der Waals surface area contributed by atoms with Crippen molar-refractivity contribution in [2.75, 3.05) is 35.2 Å². The Bertz CT molecular complexity index is 730. The summed E-state index contributed by atoms with van der Waals surface area (Å²) < 4.78 is 0. The van der Waals surface area contributed by atoms with Crippen LogP contribution in [0.2, 0.25) is 0 Å². The number of carbonyl (C=O) groups excluding carboxylic acids is 1. The molecule has 0 aliphatic carbocycles. The van der Waals surface area contributed by atoms with Crippen LogP contribution in [0.3, 0.4) is 0 Å². The predicted octanol–water partition coefficient (Wildman–Crippen LogP) is 2.50. The average molecular weight is 339 g/mol. The van der Waals surface area contributed by atoms with Crippen LogP contribution in [0.25, 0.3) is 0 Å². The van der Waals surface area contributed by atoms with Crippen LogP contribution in [-0.4, -0.2) is 35.5 Å².